The highest BCUT2D eigenvalue weighted by Crippen LogP contribution is 2.38. The molecule has 0 nitrogen and oxygen atoms in total. The third-order valence-corrected chi connectivity index (χ3v) is 7.40. The van der Waals surface area contributed by atoms with Crippen molar-refractivity contribution >= 4 is 0 Å². The molecular formula is C36H42. The average Bonchev–Trinajstić information content (AvgIpc) is 2.87. The van der Waals surface area contributed by atoms with E-state index in [1.807, 2.05) is 0 Å². The summed E-state index contributed by atoms with van der Waals surface area (Å²) in [6, 6.07) is 31.8. The lowest BCUT2D eigenvalue weighted by Crippen LogP contribution is -2.01. The second-order valence-corrected chi connectivity index (χ2v) is 11.4. The van der Waals surface area contributed by atoms with E-state index in [9.17, 15) is 0 Å². The predicted molar refractivity (Wildman–Crippen MR) is 159 cm³/mol. The zero-order valence-corrected chi connectivity index (χ0v) is 23.4. The van der Waals surface area contributed by atoms with E-state index in [2.05, 4.69) is 140 Å². The van der Waals surface area contributed by atoms with E-state index in [0.29, 0.717) is 23.7 Å². The summed E-state index contributed by atoms with van der Waals surface area (Å²) in [7, 11) is 0. The standard InChI is InChI=1S/C36H42/c1-23(2)31-11-9-13-33(35(31)25(5)6)29-19-15-27(16-20-29)28-17-21-30(22-18-28)34-14-10-12-32(24(3)4)36(34)26(7)8/h9-26H,1-8H3. The molecule has 0 bridgehead atoms. The Kier molecular flexibility index (Phi) is 7.84. The number of hydrogen-bond donors (Lipinski definition) is 0. The first-order valence-electron chi connectivity index (χ1n) is 13.7. The molecule has 0 unspecified atom stereocenters. The van der Waals surface area contributed by atoms with Crippen molar-refractivity contribution in [3.05, 3.63) is 107 Å². The zero-order valence-electron chi connectivity index (χ0n) is 23.4. The van der Waals surface area contributed by atoms with Crippen LogP contribution in [-0.2, 0) is 0 Å². The van der Waals surface area contributed by atoms with Gasteiger partial charge in [0.15, 0.2) is 0 Å². The summed E-state index contributed by atoms with van der Waals surface area (Å²) < 4.78 is 0. The Balaban J connectivity index is 1.67. The van der Waals surface area contributed by atoms with Crippen molar-refractivity contribution in [2.75, 3.05) is 0 Å². The van der Waals surface area contributed by atoms with Crippen molar-refractivity contribution in [2.24, 2.45) is 0 Å². The van der Waals surface area contributed by atoms with Crippen molar-refractivity contribution in [1.29, 1.82) is 0 Å². The molecule has 0 aliphatic heterocycles. The Hall–Kier alpha value is -3.12. The van der Waals surface area contributed by atoms with Gasteiger partial charge >= 0.3 is 0 Å². The van der Waals surface area contributed by atoms with Gasteiger partial charge in [-0.3, -0.25) is 0 Å². The minimum absolute atomic E-state index is 0.496. The number of benzene rings is 4. The minimum Gasteiger partial charge on any atom is -0.0613 e. The van der Waals surface area contributed by atoms with Crippen LogP contribution in [0.5, 0.6) is 0 Å². The molecule has 0 radical (unpaired) electrons. The van der Waals surface area contributed by atoms with Crippen LogP contribution in [0.3, 0.4) is 0 Å². The number of rotatable bonds is 7. The molecule has 0 heterocycles. The fourth-order valence-corrected chi connectivity index (χ4v) is 5.65. The van der Waals surface area contributed by atoms with Crippen LogP contribution in [-0.4, -0.2) is 0 Å². The van der Waals surface area contributed by atoms with Crippen LogP contribution in [0.4, 0.5) is 0 Å². The summed E-state index contributed by atoms with van der Waals surface area (Å²) in [6.07, 6.45) is 0. The molecule has 0 spiro atoms. The minimum atomic E-state index is 0.496. The molecule has 36 heavy (non-hydrogen) atoms. The Morgan fingerprint density at radius 2 is 0.639 bits per heavy atom. The second-order valence-electron chi connectivity index (χ2n) is 11.4. The van der Waals surface area contributed by atoms with Gasteiger partial charge in [0, 0.05) is 0 Å². The number of hydrogen-bond acceptors (Lipinski definition) is 0. The monoisotopic (exact) mass is 474 g/mol. The quantitative estimate of drug-likeness (QED) is 0.250. The lowest BCUT2D eigenvalue weighted by Gasteiger charge is -2.21. The van der Waals surface area contributed by atoms with Crippen LogP contribution >= 0.6 is 0 Å². The van der Waals surface area contributed by atoms with E-state index < -0.39 is 0 Å². The maximum atomic E-state index is 2.31. The van der Waals surface area contributed by atoms with Crippen molar-refractivity contribution in [3.63, 3.8) is 0 Å². The fraction of sp³-hybridized carbons (Fsp3) is 0.333. The van der Waals surface area contributed by atoms with Gasteiger partial charge < -0.3 is 0 Å². The smallest absolute Gasteiger partial charge is 0.0146 e. The summed E-state index contributed by atoms with van der Waals surface area (Å²) >= 11 is 0. The summed E-state index contributed by atoms with van der Waals surface area (Å²) in [4.78, 5) is 0. The third kappa shape index (κ3) is 5.19. The maximum absolute atomic E-state index is 2.31. The van der Waals surface area contributed by atoms with Gasteiger partial charge in [0.05, 0.1) is 0 Å². The predicted octanol–water partition coefficient (Wildman–Crippen LogP) is 11.2. The van der Waals surface area contributed by atoms with Gasteiger partial charge in [-0.1, -0.05) is 140 Å². The Morgan fingerprint density at radius 3 is 0.917 bits per heavy atom. The molecule has 0 saturated heterocycles. The van der Waals surface area contributed by atoms with Crippen LogP contribution in [0.2, 0.25) is 0 Å². The van der Waals surface area contributed by atoms with Gasteiger partial charge in [0.1, 0.15) is 0 Å². The van der Waals surface area contributed by atoms with E-state index in [1.54, 1.807) is 0 Å². The molecule has 0 N–H and O–H groups in total. The van der Waals surface area contributed by atoms with Crippen molar-refractivity contribution in [1.82, 2.24) is 0 Å². The van der Waals surface area contributed by atoms with E-state index >= 15 is 0 Å². The second kappa shape index (κ2) is 10.9. The highest BCUT2D eigenvalue weighted by atomic mass is 14.2. The zero-order chi connectivity index (χ0) is 26.0. The van der Waals surface area contributed by atoms with E-state index in [4.69, 9.17) is 0 Å². The van der Waals surface area contributed by atoms with Crippen molar-refractivity contribution in [3.8, 4) is 33.4 Å². The molecule has 0 aromatic heterocycles. The summed E-state index contributed by atoms with van der Waals surface area (Å²) in [5.41, 5.74) is 13.7. The van der Waals surface area contributed by atoms with Crippen molar-refractivity contribution in [2.45, 2.75) is 79.1 Å². The molecule has 0 saturated carbocycles. The van der Waals surface area contributed by atoms with Gasteiger partial charge in [-0.05, 0) is 79.3 Å². The Labute approximate surface area is 219 Å². The maximum Gasteiger partial charge on any atom is -0.0146 e. The molecule has 0 heteroatoms. The average molecular weight is 475 g/mol. The summed E-state index contributed by atoms with van der Waals surface area (Å²) in [5.74, 6) is 2.04. The molecule has 4 aromatic rings. The SMILES string of the molecule is CC(C)c1cccc(-c2ccc(-c3ccc(-c4cccc(C(C)C)c4C(C)C)cc3)cc2)c1C(C)C. The first kappa shape index (κ1) is 26.0. The summed E-state index contributed by atoms with van der Waals surface area (Å²) in [6.45, 7) is 18.4. The first-order valence-corrected chi connectivity index (χ1v) is 13.7. The van der Waals surface area contributed by atoms with Gasteiger partial charge in [0.2, 0.25) is 0 Å². The lowest BCUT2D eigenvalue weighted by molar-refractivity contribution is 0.792. The molecular weight excluding hydrogens is 432 g/mol. The molecule has 4 rings (SSSR count). The highest BCUT2D eigenvalue weighted by Gasteiger charge is 2.17. The normalized spacial score (nSPS) is 11.8. The lowest BCUT2D eigenvalue weighted by atomic mass is 9.84. The van der Waals surface area contributed by atoms with Crippen LogP contribution in [0, 0.1) is 0 Å². The molecule has 186 valence electrons. The van der Waals surface area contributed by atoms with E-state index in [1.165, 1.54) is 55.6 Å². The van der Waals surface area contributed by atoms with Gasteiger partial charge in [-0.25, -0.2) is 0 Å². The molecule has 0 aliphatic carbocycles. The largest absolute Gasteiger partial charge is 0.0613 e. The first-order chi connectivity index (χ1) is 17.2. The Bertz CT molecular complexity index is 1190. The van der Waals surface area contributed by atoms with Crippen LogP contribution in [0.1, 0.15) is 101 Å². The molecule has 0 amide bonds. The molecule has 4 aromatic carbocycles. The van der Waals surface area contributed by atoms with E-state index in [0.717, 1.165) is 0 Å². The topological polar surface area (TPSA) is 0 Å². The van der Waals surface area contributed by atoms with Gasteiger partial charge in [0.25, 0.3) is 0 Å². The van der Waals surface area contributed by atoms with Gasteiger partial charge in [-0.2, -0.15) is 0 Å². The van der Waals surface area contributed by atoms with Crippen LogP contribution < -0.4 is 0 Å². The molecule has 0 atom stereocenters. The van der Waals surface area contributed by atoms with Crippen LogP contribution in [0.25, 0.3) is 33.4 Å². The van der Waals surface area contributed by atoms with Crippen molar-refractivity contribution < 1.29 is 0 Å². The third-order valence-electron chi connectivity index (χ3n) is 7.40. The van der Waals surface area contributed by atoms with Crippen LogP contribution in [0.15, 0.2) is 84.9 Å². The highest BCUT2D eigenvalue weighted by molar-refractivity contribution is 5.76. The van der Waals surface area contributed by atoms with Gasteiger partial charge in [-0.15, -0.1) is 0 Å². The fourth-order valence-electron chi connectivity index (χ4n) is 5.65. The summed E-state index contributed by atoms with van der Waals surface area (Å²) in [5, 5.41) is 0. The molecule has 0 fully saturated rings. The molecule has 0 aliphatic rings. The Morgan fingerprint density at radius 1 is 0.333 bits per heavy atom. The van der Waals surface area contributed by atoms with E-state index in [-0.39, 0.29) is 0 Å².